The van der Waals surface area contributed by atoms with Crippen molar-refractivity contribution < 1.29 is 14.6 Å². The average molecular weight is 321 g/mol. The summed E-state index contributed by atoms with van der Waals surface area (Å²) in [6.07, 6.45) is -0.555. The van der Waals surface area contributed by atoms with E-state index in [0.717, 1.165) is 10.0 Å². The second kappa shape index (κ2) is 6.38. The predicted molar refractivity (Wildman–Crippen MR) is 76.3 cm³/mol. The van der Waals surface area contributed by atoms with Gasteiger partial charge in [0, 0.05) is 10.9 Å². The van der Waals surface area contributed by atoms with Crippen molar-refractivity contribution in [1.82, 2.24) is 0 Å². The van der Waals surface area contributed by atoms with Crippen molar-refractivity contribution in [2.75, 3.05) is 0 Å². The molecule has 0 aliphatic rings. The Morgan fingerprint density at radius 2 is 1.74 bits per heavy atom. The molecule has 0 amide bonds. The molecule has 98 valence electrons. The van der Waals surface area contributed by atoms with Gasteiger partial charge in [0.05, 0.1) is 0 Å². The number of carboxylic acids is 1. The molecule has 0 aliphatic carbocycles. The van der Waals surface area contributed by atoms with E-state index in [1.807, 2.05) is 42.5 Å². The first-order valence-corrected chi connectivity index (χ1v) is 6.63. The highest BCUT2D eigenvalue weighted by Crippen LogP contribution is 2.16. The molecule has 0 fully saturated rings. The third-order valence-electron chi connectivity index (χ3n) is 2.63. The zero-order valence-electron chi connectivity index (χ0n) is 10.1. The van der Waals surface area contributed by atoms with E-state index in [4.69, 9.17) is 4.74 Å². The molecular formula is C15H13BrO3. The number of carboxylic acid groups (broad SMARTS) is 1. The molecule has 2 aromatic rings. The highest BCUT2D eigenvalue weighted by Gasteiger charge is 2.19. The third-order valence-corrected chi connectivity index (χ3v) is 3.16. The van der Waals surface area contributed by atoms with Crippen LogP contribution in [0.4, 0.5) is 0 Å². The van der Waals surface area contributed by atoms with E-state index in [1.165, 1.54) is 0 Å². The lowest BCUT2D eigenvalue weighted by Crippen LogP contribution is -2.29. The van der Waals surface area contributed by atoms with Crippen LogP contribution in [0.2, 0.25) is 0 Å². The van der Waals surface area contributed by atoms with E-state index < -0.39 is 12.1 Å². The molecule has 0 aromatic heterocycles. The lowest BCUT2D eigenvalue weighted by Gasteiger charge is -2.15. The predicted octanol–water partition coefficient (Wildman–Crippen LogP) is 3.52. The molecule has 1 atom stereocenters. The van der Waals surface area contributed by atoms with Gasteiger partial charge in [-0.25, -0.2) is 4.79 Å². The molecule has 0 spiro atoms. The SMILES string of the molecule is O=C(O)[C@@H](Cc1ccc(Br)cc1)Oc1ccccc1. The molecule has 1 N–H and O–H groups in total. The molecule has 0 aliphatic heterocycles. The van der Waals surface area contributed by atoms with Crippen LogP contribution in [-0.4, -0.2) is 17.2 Å². The molecule has 19 heavy (non-hydrogen) atoms. The number of aliphatic carboxylic acids is 1. The fourth-order valence-electron chi connectivity index (χ4n) is 1.68. The number of rotatable bonds is 5. The highest BCUT2D eigenvalue weighted by atomic mass is 79.9. The number of para-hydroxylation sites is 1. The summed E-state index contributed by atoms with van der Waals surface area (Å²) in [6, 6.07) is 16.5. The zero-order chi connectivity index (χ0) is 13.7. The van der Waals surface area contributed by atoms with Gasteiger partial charge in [0.25, 0.3) is 0 Å². The topological polar surface area (TPSA) is 46.5 Å². The fraction of sp³-hybridized carbons (Fsp3) is 0.133. The molecule has 0 saturated carbocycles. The molecule has 3 nitrogen and oxygen atoms in total. The van der Waals surface area contributed by atoms with E-state index in [2.05, 4.69) is 15.9 Å². The van der Waals surface area contributed by atoms with E-state index in [1.54, 1.807) is 12.1 Å². The Balaban J connectivity index is 2.08. The standard InChI is InChI=1S/C15H13BrO3/c16-12-8-6-11(7-9-12)10-14(15(17)18)19-13-4-2-1-3-5-13/h1-9,14H,10H2,(H,17,18)/t14-/m1/s1. The van der Waals surface area contributed by atoms with Crippen molar-refractivity contribution in [2.45, 2.75) is 12.5 Å². The highest BCUT2D eigenvalue weighted by molar-refractivity contribution is 9.10. The van der Waals surface area contributed by atoms with Crippen LogP contribution in [0.3, 0.4) is 0 Å². The number of hydrogen-bond acceptors (Lipinski definition) is 2. The minimum Gasteiger partial charge on any atom is -0.478 e. The van der Waals surface area contributed by atoms with Gasteiger partial charge in [-0.15, -0.1) is 0 Å². The van der Waals surface area contributed by atoms with Crippen LogP contribution < -0.4 is 4.74 Å². The van der Waals surface area contributed by atoms with Gasteiger partial charge in [-0.3, -0.25) is 0 Å². The lowest BCUT2D eigenvalue weighted by molar-refractivity contribution is -0.145. The molecule has 2 rings (SSSR count). The first-order chi connectivity index (χ1) is 9.15. The summed E-state index contributed by atoms with van der Waals surface area (Å²) in [5.74, 6) is -0.404. The Hall–Kier alpha value is -1.81. The number of halogens is 1. The van der Waals surface area contributed by atoms with Crippen LogP contribution in [0.5, 0.6) is 5.75 Å². The van der Waals surface area contributed by atoms with Gasteiger partial charge in [0.1, 0.15) is 5.75 Å². The normalized spacial score (nSPS) is 11.8. The van der Waals surface area contributed by atoms with Crippen molar-refractivity contribution in [1.29, 1.82) is 0 Å². The lowest BCUT2D eigenvalue weighted by atomic mass is 10.1. The summed E-state index contributed by atoms with van der Waals surface area (Å²) >= 11 is 3.35. The molecular weight excluding hydrogens is 308 g/mol. The summed E-state index contributed by atoms with van der Waals surface area (Å²) in [6.45, 7) is 0. The smallest absolute Gasteiger partial charge is 0.345 e. The molecule has 4 heteroatoms. The van der Waals surface area contributed by atoms with E-state index in [-0.39, 0.29) is 0 Å². The second-order valence-corrected chi connectivity index (χ2v) is 5.00. The summed E-state index contributed by atoms with van der Waals surface area (Å²) in [4.78, 5) is 11.2. The van der Waals surface area contributed by atoms with Crippen LogP contribution in [0.1, 0.15) is 5.56 Å². The molecule has 0 radical (unpaired) electrons. The maximum Gasteiger partial charge on any atom is 0.345 e. The largest absolute Gasteiger partial charge is 0.478 e. The van der Waals surface area contributed by atoms with Crippen molar-refractivity contribution in [3.63, 3.8) is 0 Å². The van der Waals surface area contributed by atoms with Crippen LogP contribution in [0.25, 0.3) is 0 Å². The summed E-state index contributed by atoms with van der Waals surface area (Å²) in [7, 11) is 0. The Labute approximate surface area is 120 Å². The van der Waals surface area contributed by atoms with Crippen LogP contribution >= 0.6 is 15.9 Å². The van der Waals surface area contributed by atoms with Gasteiger partial charge in [-0.05, 0) is 29.8 Å². The number of hydrogen-bond donors (Lipinski definition) is 1. The van der Waals surface area contributed by atoms with Gasteiger partial charge in [-0.2, -0.15) is 0 Å². The van der Waals surface area contributed by atoms with Gasteiger partial charge >= 0.3 is 5.97 Å². The first-order valence-electron chi connectivity index (χ1n) is 5.84. The monoisotopic (exact) mass is 320 g/mol. The Morgan fingerprint density at radius 1 is 1.11 bits per heavy atom. The minimum atomic E-state index is -0.966. The van der Waals surface area contributed by atoms with Gasteiger partial charge in [0.2, 0.25) is 0 Å². The Morgan fingerprint density at radius 3 is 2.32 bits per heavy atom. The van der Waals surface area contributed by atoms with Gasteiger partial charge in [-0.1, -0.05) is 46.3 Å². The van der Waals surface area contributed by atoms with Gasteiger partial charge < -0.3 is 9.84 Å². The minimum absolute atomic E-state index is 0.331. The second-order valence-electron chi connectivity index (χ2n) is 4.09. The zero-order valence-corrected chi connectivity index (χ0v) is 11.7. The first kappa shape index (κ1) is 13.6. The fourth-order valence-corrected chi connectivity index (χ4v) is 1.94. The van der Waals surface area contributed by atoms with Crippen LogP contribution in [0.15, 0.2) is 59.1 Å². The van der Waals surface area contributed by atoms with Gasteiger partial charge in [0.15, 0.2) is 6.10 Å². The molecule has 0 bridgehead atoms. The maximum absolute atomic E-state index is 11.2. The van der Waals surface area contributed by atoms with Crippen LogP contribution in [0, 0.1) is 0 Å². The van der Waals surface area contributed by atoms with Crippen molar-refractivity contribution in [2.24, 2.45) is 0 Å². The van der Waals surface area contributed by atoms with E-state index in [0.29, 0.717) is 12.2 Å². The van der Waals surface area contributed by atoms with Crippen molar-refractivity contribution >= 4 is 21.9 Å². The van der Waals surface area contributed by atoms with E-state index >= 15 is 0 Å². The van der Waals surface area contributed by atoms with Crippen molar-refractivity contribution in [3.05, 3.63) is 64.6 Å². The third kappa shape index (κ3) is 4.10. The Bertz CT molecular complexity index is 537. The number of benzene rings is 2. The molecule has 0 saturated heterocycles. The van der Waals surface area contributed by atoms with E-state index in [9.17, 15) is 9.90 Å². The molecule has 0 heterocycles. The van der Waals surface area contributed by atoms with Crippen molar-refractivity contribution in [3.8, 4) is 5.75 Å². The Kier molecular flexibility index (Phi) is 4.58. The molecule has 0 unspecified atom stereocenters. The summed E-state index contributed by atoms with van der Waals surface area (Å²) < 4.78 is 6.46. The summed E-state index contributed by atoms with van der Waals surface area (Å²) in [5.41, 5.74) is 0.923. The molecule has 2 aromatic carbocycles. The number of carbonyl (C=O) groups is 1. The average Bonchev–Trinajstić information content (AvgIpc) is 2.41. The van der Waals surface area contributed by atoms with Crippen LogP contribution in [-0.2, 0) is 11.2 Å². The maximum atomic E-state index is 11.2. The summed E-state index contributed by atoms with van der Waals surface area (Å²) in [5, 5.41) is 9.22. The quantitative estimate of drug-likeness (QED) is 0.916. The number of ether oxygens (including phenoxy) is 1.